The minimum absolute atomic E-state index is 0.0762. The largest absolute Gasteiger partial charge is 0.416 e. The molecule has 22 heavy (non-hydrogen) atoms. The summed E-state index contributed by atoms with van der Waals surface area (Å²) < 4.78 is 64.1. The lowest BCUT2D eigenvalue weighted by molar-refractivity contribution is -0.137. The molecule has 0 aromatic heterocycles. The van der Waals surface area contributed by atoms with Gasteiger partial charge in [0.15, 0.2) is 5.82 Å². The first kappa shape index (κ1) is 15.9. The van der Waals surface area contributed by atoms with Crippen LogP contribution in [0.1, 0.15) is 18.1 Å². The number of rotatable bonds is 3. The molecule has 0 bridgehead atoms. The van der Waals surface area contributed by atoms with Crippen molar-refractivity contribution in [1.82, 2.24) is 0 Å². The van der Waals surface area contributed by atoms with Gasteiger partial charge in [-0.2, -0.15) is 18.3 Å². The van der Waals surface area contributed by atoms with Crippen molar-refractivity contribution in [3.63, 3.8) is 0 Å². The van der Waals surface area contributed by atoms with Crippen LogP contribution in [0, 0.1) is 11.6 Å². The summed E-state index contributed by atoms with van der Waals surface area (Å²) in [5, 5.41) is 3.82. The smallest absolute Gasteiger partial charge is 0.275 e. The van der Waals surface area contributed by atoms with E-state index >= 15 is 0 Å². The van der Waals surface area contributed by atoms with Crippen LogP contribution in [0.2, 0.25) is 0 Å². The number of hydrogen-bond donors (Lipinski definition) is 1. The summed E-state index contributed by atoms with van der Waals surface area (Å²) in [5.41, 5.74) is 1.96. The summed E-state index contributed by atoms with van der Waals surface area (Å²) >= 11 is 0. The Morgan fingerprint density at radius 1 is 1.05 bits per heavy atom. The molecular formula is C15H11F5N2. The van der Waals surface area contributed by atoms with Gasteiger partial charge < -0.3 is 0 Å². The fraction of sp³-hybridized carbons (Fsp3) is 0.133. The van der Waals surface area contributed by atoms with Gasteiger partial charge in [-0.25, -0.2) is 8.78 Å². The Morgan fingerprint density at radius 3 is 2.41 bits per heavy atom. The van der Waals surface area contributed by atoms with Crippen LogP contribution >= 0.6 is 0 Å². The third kappa shape index (κ3) is 3.81. The lowest BCUT2D eigenvalue weighted by Gasteiger charge is -2.09. The SMILES string of the molecule is C/C(=N\Nc1ccc(F)cc1F)c1cccc(C(F)(F)F)c1. The average molecular weight is 314 g/mol. The van der Waals surface area contributed by atoms with E-state index < -0.39 is 23.4 Å². The van der Waals surface area contributed by atoms with E-state index in [9.17, 15) is 22.0 Å². The first-order chi connectivity index (χ1) is 10.3. The van der Waals surface area contributed by atoms with Gasteiger partial charge in [-0.3, -0.25) is 5.43 Å². The van der Waals surface area contributed by atoms with Crippen molar-refractivity contribution in [1.29, 1.82) is 0 Å². The monoisotopic (exact) mass is 314 g/mol. The third-order valence-electron chi connectivity index (χ3n) is 2.88. The van der Waals surface area contributed by atoms with Crippen LogP contribution in [0.5, 0.6) is 0 Å². The highest BCUT2D eigenvalue weighted by Gasteiger charge is 2.30. The summed E-state index contributed by atoms with van der Waals surface area (Å²) in [4.78, 5) is 0. The van der Waals surface area contributed by atoms with E-state index in [1.54, 1.807) is 0 Å². The molecule has 2 aromatic rings. The fourth-order valence-corrected chi connectivity index (χ4v) is 1.71. The summed E-state index contributed by atoms with van der Waals surface area (Å²) in [6.45, 7) is 1.48. The van der Waals surface area contributed by atoms with E-state index in [4.69, 9.17) is 0 Å². The number of anilines is 1. The van der Waals surface area contributed by atoms with Gasteiger partial charge >= 0.3 is 6.18 Å². The number of nitrogens with one attached hydrogen (secondary N) is 1. The van der Waals surface area contributed by atoms with E-state index in [2.05, 4.69) is 10.5 Å². The minimum Gasteiger partial charge on any atom is -0.275 e. The zero-order valence-corrected chi connectivity index (χ0v) is 11.4. The Balaban J connectivity index is 2.22. The molecule has 1 N–H and O–H groups in total. The maximum Gasteiger partial charge on any atom is 0.416 e. The van der Waals surface area contributed by atoms with Crippen molar-refractivity contribution in [2.45, 2.75) is 13.1 Å². The van der Waals surface area contributed by atoms with Gasteiger partial charge in [0, 0.05) is 6.07 Å². The number of hydrazone groups is 1. The second-order valence-electron chi connectivity index (χ2n) is 4.51. The average Bonchev–Trinajstić information content (AvgIpc) is 2.45. The molecular weight excluding hydrogens is 303 g/mol. The normalized spacial score (nSPS) is 12.4. The van der Waals surface area contributed by atoms with Crippen molar-refractivity contribution < 1.29 is 22.0 Å². The number of halogens is 5. The topological polar surface area (TPSA) is 24.4 Å². The quantitative estimate of drug-likeness (QED) is 0.490. The molecule has 0 unspecified atom stereocenters. The molecule has 2 aromatic carbocycles. The molecule has 0 spiro atoms. The van der Waals surface area contributed by atoms with E-state index in [-0.39, 0.29) is 17.0 Å². The van der Waals surface area contributed by atoms with E-state index in [0.29, 0.717) is 6.07 Å². The second-order valence-corrected chi connectivity index (χ2v) is 4.51. The molecule has 0 aliphatic rings. The standard InChI is InChI=1S/C15H11F5N2/c1-9(10-3-2-4-11(7-10)15(18,19)20)21-22-14-6-5-12(16)8-13(14)17/h2-8,22H,1H3/b21-9+. The Morgan fingerprint density at radius 2 is 1.77 bits per heavy atom. The molecule has 0 saturated carbocycles. The van der Waals surface area contributed by atoms with Gasteiger partial charge in [-0.05, 0) is 36.8 Å². The Kier molecular flexibility index (Phi) is 4.44. The van der Waals surface area contributed by atoms with Crippen molar-refractivity contribution >= 4 is 11.4 Å². The van der Waals surface area contributed by atoms with Crippen LogP contribution < -0.4 is 5.43 Å². The number of hydrogen-bond acceptors (Lipinski definition) is 2. The Hall–Kier alpha value is -2.44. The summed E-state index contributed by atoms with van der Waals surface area (Å²) in [5.74, 6) is -1.58. The van der Waals surface area contributed by atoms with Crippen LogP contribution in [0.25, 0.3) is 0 Å². The highest BCUT2D eigenvalue weighted by atomic mass is 19.4. The molecule has 2 rings (SSSR count). The van der Waals surface area contributed by atoms with Gasteiger partial charge in [0.1, 0.15) is 5.82 Å². The first-order valence-electron chi connectivity index (χ1n) is 6.20. The van der Waals surface area contributed by atoms with Crippen LogP contribution in [0.3, 0.4) is 0 Å². The van der Waals surface area contributed by atoms with Gasteiger partial charge in [-0.15, -0.1) is 0 Å². The summed E-state index contributed by atoms with van der Waals surface area (Å²) in [6, 6.07) is 7.48. The predicted octanol–water partition coefficient (Wildman–Crippen LogP) is 4.82. The summed E-state index contributed by atoms with van der Waals surface area (Å²) in [6.07, 6.45) is -4.45. The number of benzene rings is 2. The molecule has 0 fully saturated rings. The number of nitrogens with zero attached hydrogens (tertiary/aromatic N) is 1. The van der Waals surface area contributed by atoms with E-state index in [1.807, 2.05) is 0 Å². The van der Waals surface area contributed by atoms with Gasteiger partial charge in [0.05, 0.1) is 17.0 Å². The lowest BCUT2D eigenvalue weighted by atomic mass is 10.1. The van der Waals surface area contributed by atoms with Crippen molar-refractivity contribution in [2.24, 2.45) is 5.10 Å². The molecule has 0 aliphatic carbocycles. The second kappa shape index (κ2) is 6.13. The maximum absolute atomic E-state index is 13.4. The minimum atomic E-state index is -4.45. The molecule has 0 radical (unpaired) electrons. The molecule has 116 valence electrons. The molecule has 7 heteroatoms. The predicted molar refractivity (Wildman–Crippen MR) is 73.6 cm³/mol. The third-order valence-corrected chi connectivity index (χ3v) is 2.88. The van der Waals surface area contributed by atoms with E-state index in [0.717, 1.165) is 24.3 Å². The van der Waals surface area contributed by atoms with Crippen LogP contribution in [-0.2, 0) is 6.18 Å². The van der Waals surface area contributed by atoms with Crippen molar-refractivity contribution in [2.75, 3.05) is 5.43 Å². The van der Waals surface area contributed by atoms with Gasteiger partial charge in [-0.1, -0.05) is 12.1 Å². The highest BCUT2D eigenvalue weighted by Crippen LogP contribution is 2.29. The van der Waals surface area contributed by atoms with E-state index in [1.165, 1.54) is 19.1 Å². The van der Waals surface area contributed by atoms with Crippen LogP contribution in [0.15, 0.2) is 47.6 Å². The summed E-state index contributed by atoms with van der Waals surface area (Å²) in [7, 11) is 0. The maximum atomic E-state index is 13.4. The zero-order chi connectivity index (χ0) is 16.3. The van der Waals surface area contributed by atoms with Crippen LogP contribution in [-0.4, -0.2) is 5.71 Å². The molecule has 0 atom stereocenters. The highest BCUT2D eigenvalue weighted by molar-refractivity contribution is 5.99. The molecule has 0 aliphatic heterocycles. The Labute approximate surface area is 123 Å². The zero-order valence-electron chi connectivity index (χ0n) is 11.4. The molecule has 0 amide bonds. The first-order valence-corrected chi connectivity index (χ1v) is 6.20. The molecule has 0 saturated heterocycles. The fourth-order valence-electron chi connectivity index (χ4n) is 1.71. The molecule has 0 heterocycles. The van der Waals surface area contributed by atoms with Crippen molar-refractivity contribution in [3.8, 4) is 0 Å². The van der Waals surface area contributed by atoms with Gasteiger partial charge in [0.25, 0.3) is 0 Å². The Bertz CT molecular complexity index is 707. The van der Waals surface area contributed by atoms with Gasteiger partial charge in [0.2, 0.25) is 0 Å². The molecule has 2 nitrogen and oxygen atoms in total. The lowest BCUT2D eigenvalue weighted by Crippen LogP contribution is -2.07. The van der Waals surface area contributed by atoms with Crippen molar-refractivity contribution in [3.05, 3.63) is 65.2 Å². The number of alkyl halides is 3. The van der Waals surface area contributed by atoms with Crippen LogP contribution in [0.4, 0.5) is 27.6 Å².